The molecular formula is C22H36N4O. The average Bonchev–Trinajstić information content (AvgIpc) is 2.97. The van der Waals surface area contributed by atoms with Gasteiger partial charge in [0.2, 0.25) is 5.91 Å². The van der Waals surface area contributed by atoms with Gasteiger partial charge in [0.1, 0.15) is 0 Å². The Balaban J connectivity index is 1.65. The number of piperidine rings is 1. The molecule has 4 aliphatic rings. The van der Waals surface area contributed by atoms with Crippen molar-refractivity contribution in [2.75, 3.05) is 27.2 Å². The molecule has 0 aromatic rings. The summed E-state index contributed by atoms with van der Waals surface area (Å²) in [6.07, 6.45) is 9.98. The van der Waals surface area contributed by atoms with E-state index in [0.29, 0.717) is 30.1 Å². The van der Waals surface area contributed by atoms with E-state index in [1.54, 1.807) is 0 Å². The van der Waals surface area contributed by atoms with E-state index in [1.165, 1.54) is 30.7 Å². The summed E-state index contributed by atoms with van der Waals surface area (Å²) in [6.45, 7) is 6.59. The molecule has 5 atom stereocenters. The fourth-order valence-corrected chi connectivity index (χ4v) is 6.99. The number of rotatable bonds is 3. The number of allylic oxidation sites excluding steroid dienone is 2. The molecule has 3 fully saturated rings. The van der Waals surface area contributed by atoms with E-state index in [1.807, 2.05) is 0 Å². The summed E-state index contributed by atoms with van der Waals surface area (Å²) in [7, 11) is 4.16. The van der Waals surface area contributed by atoms with Gasteiger partial charge < -0.3 is 15.6 Å². The van der Waals surface area contributed by atoms with Gasteiger partial charge in [-0.25, -0.2) is 0 Å². The maximum Gasteiger partial charge on any atom is 0.226 e. The topological polar surface area (TPSA) is 61.9 Å². The number of amides is 1. The molecule has 1 amide bonds. The van der Waals surface area contributed by atoms with Crippen molar-refractivity contribution in [2.45, 2.75) is 58.8 Å². The SMILES string of the molecule is CN(C)CCN1C(=O)CC[C@@]2(C)C1=CC[C@@H]1[C@@H]2CC[C@]2(C)/C(=N\N)CC[C@@H]12. The first-order valence-electron chi connectivity index (χ1n) is 10.7. The fraction of sp³-hybridized carbons (Fsp3) is 0.818. The molecule has 1 heterocycles. The van der Waals surface area contributed by atoms with Crippen molar-refractivity contribution in [1.29, 1.82) is 0 Å². The zero-order valence-electron chi connectivity index (χ0n) is 17.5. The molecule has 5 heteroatoms. The molecule has 0 bridgehead atoms. The second-order valence-corrected chi connectivity index (χ2v) is 10.0. The standard InChI is InChI=1S/C22H36N4O/c1-21-11-9-17-15(16(21)6-7-18(21)24-23)5-8-19-22(17,2)12-10-20(27)26(19)14-13-25(3)4/h8,15-17H,5-7,9-14,23H2,1-4H3/b24-18-/t15-,16-,17-,21-,22+/m0/s1. The van der Waals surface area contributed by atoms with Gasteiger partial charge in [-0.2, -0.15) is 5.10 Å². The molecule has 27 heavy (non-hydrogen) atoms. The Morgan fingerprint density at radius 2 is 1.93 bits per heavy atom. The molecule has 150 valence electrons. The molecule has 2 N–H and O–H groups in total. The van der Waals surface area contributed by atoms with E-state index in [2.05, 4.69) is 48.9 Å². The maximum atomic E-state index is 12.7. The molecule has 3 aliphatic carbocycles. The smallest absolute Gasteiger partial charge is 0.226 e. The lowest BCUT2D eigenvalue weighted by Gasteiger charge is -2.58. The maximum absolute atomic E-state index is 12.7. The molecule has 0 aromatic heterocycles. The van der Waals surface area contributed by atoms with Gasteiger partial charge in [0.05, 0.1) is 0 Å². The monoisotopic (exact) mass is 372 g/mol. The summed E-state index contributed by atoms with van der Waals surface area (Å²) in [5.41, 5.74) is 2.92. The largest absolute Gasteiger partial charge is 0.323 e. The van der Waals surface area contributed by atoms with Gasteiger partial charge in [-0.1, -0.05) is 19.9 Å². The Bertz CT molecular complexity index is 684. The first-order chi connectivity index (χ1) is 12.8. The van der Waals surface area contributed by atoms with E-state index < -0.39 is 0 Å². The number of hydrogen-bond acceptors (Lipinski definition) is 4. The molecule has 0 spiro atoms. The van der Waals surface area contributed by atoms with Gasteiger partial charge in [0.25, 0.3) is 0 Å². The van der Waals surface area contributed by atoms with Crippen molar-refractivity contribution in [3.63, 3.8) is 0 Å². The van der Waals surface area contributed by atoms with Crippen LogP contribution >= 0.6 is 0 Å². The van der Waals surface area contributed by atoms with E-state index in [9.17, 15) is 4.79 Å². The van der Waals surface area contributed by atoms with Crippen LogP contribution in [0.5, 0.6) is 0 Å². The highest BCUT2D eigenvalue weighted by Crippen LogP contribution is 2.63. The molecule has 1 aliphatic heterocycles. The van der Waals surface area contributed by atoms with Gasteiger partial charge in [0, 0.05) is 41.7 Å². The van der Waals surface area contributed by atoms with Crippen molar-refractivity contribution in [3.05, 3.63) is 11.8 Å². The van der Waals surface area contributed by atoms with Crippen molar-refractivity contribution < 1.29 is 4.79 Å². The first kappa shape index (κ1) is 19.0. The zero-order valence-corrected chi connectivity index (χ0v) is 17.5. The molecule has 1 saturated heterocycles. The molecule has 0 aromatic carbocycles. The van der Waals surface area contributed by atoms with Crippen molar-refractivity contribution in [2.24, 2.45) is 39.5 Å². The van der Waals surface area contributed by atoms with Crippen molar-refractivity contribution >= 4 is 11.6 Å². The highest BCUT2D eigenvalue weighted by atomic mass is 16.2. The summed E-state index contributed by atoms with van der Waals surface area (Å²) in [4.78, 5) is 17.0. The Labute approximate surface area is 164 Å². The number of likely N-dealkylation sites (N-methyl/N-ethyl adjacent to an activating group) is 1. The summed E-state index contributed by atoms with van der Waals surface area (Å²) >= 11 is 0. The quantitative estimate of drug-likeness (QED) is 0.611. The first-order valence-corrected chi connectivity index (χ1v) is 10.7. The molecule has 4 rings (SSSR count). The lowest BCUT2D eigenvalue weighted by Crippen LogP contribution is -2.55. The van der Waals surface area contributed by atoms with Crippen LogP contribution in [0.1, 0.15) is 58.8 Å². The van der Waals surface area contributed by atoms with Crippen LogP contribution in [0.15, 0.2) is 16.9 Å². The van der Waals surface area contributed by atoms with Crippen molar-refractivity contribution in [1.82, 2.24) is 9.80 Å². The Morgan fingerprint density at radius 1 is 1.19 bits per heavy atom. The number of nitrogens with zero attached hydrogens (tertiary/aromatic N) is 3. The third-order valence-electron chi connectivity index (χ3n) is 8.54. The fourth-order valence-electron chi connectivity index (χ4n) is 6.99. The molecule has 5 nitrogen and oxygen atoms in total. The van der Waals surface area contributed by atoms with Gasteiger partial charge in [-0.3, -0.25) is 4.79 Å². The average molecular weight is 373 g/mol. The van der Waals surface area contributed by atoms with Crippen LogP contribution in [-0.2, 0) is 4.79 Å². The normalized spacial score (nSPS) is 42.8. The third-order valence-corrected chi connectivity index (χ3v) is 8.54. The minimum atomic E-state index is 0.146. The molecule has 0 unspecified atom stereocenters. The second kappa shape index (κ2) is 6.61. The Hall–Kier alpha value is -1.36. The predicted molar refractivity (Wildman–Crippen MR) is 109 cm³/mol. The van der Waals surface area contributed by atoms with Gasteiger partial charge in [-0.05, 0) is 70.4 Å². The van der Waals surface area contributed by atoms with Gasteiger partial charge in [0.15, 0.2) is 0 Å². The van der Waals surface area contributed by atoms with Crippen molar-refractivity contribution in [3.8, 4) is 0 Å². The number of fused-ring (bicyclic) bond motifs is 5. The van der Waals surface area contributed by atoms with Gasteiger partial charge in [-0.15, -0.1) is 0 Å². The molecular weight excluding hydrogens is 336 g/mol. The second-order valence-electron chi connectivity index (χ2n) is 10.0. The number of nitrogens with two attached hydrogens (primary N) is 1. The van der Waals surface area contributed by atoms with Crippen LogP contribution in [0.4, 0.5) is 0 Å². The summed E-state index contributed by atoms with van der Waals surface area (Å²) < 4.78 is 0. The van der Waals surface area contributed by atoms with Crippen LogP contribution < -0.4 is 5.84 Å². The van der Waals surface area contributed by atoms with E-state index in [-0.39, 0.29) is 10.8 Å². The number of carbonyl (C=O) groups is 1. The Morgan fingerprint density at radius 3 is 2.63 bits per heavy atom. The van der Waals surface area contributed by atoms with Crippen LogP contribution in [0, 0.1) is 28.6 Å². The highest BCUT2D eigenvalue weighted by Gasteiger charge is 2.58. The van der Waals surface area contributed by atoms with Crippen LogP contribution in [0.2, 0.25) is 0 Å². The summed E-state index contributed by atoms with van der Waals surface area (Å²) in [6, 6.07) is 0. The van der Waals surface area contributed by atoms with Crippen LogP contribution in [-0.4, -0.2) is 48.6 Å². The Kier molecular flexibility index (Phi) is 4.65. The minimum Gasteiger partial charge on any atom is -0.323 e. The van der Waals surface area contributed by atoms with E-state index in [4.69, 9.17) is 5.84 Å². The third kappa shape index (κ3) is 2.76. The van der Waals surface area contributed by atoms with Crippen LogP contribution in [0.25, 0.3) is 0 Å². The number of carbonyl (C=O) groups excluding carboxylic acids is 1. The summed E-state index contributed by atoms with van der Waals surface area (Å²) in [5.74, 6) is 8.15. The highest BCUT2D eigenvalue weighted by molar-refractivity contribution is 5.92. The number of likely N-dealkylation sites (tertiary alicyclic amines) is 1. The van der Waals surface area contributed by atoms with E-state index >= 15 is 0 Å². The predicted octanol–water partition coefficient (Wildman–Crippen LogP) is 3.22. The zero-order chi connectivity index (χ0) is 19.4. The molecule has 0 radical (unpaired) electrons. The lowest BCUT2D eigenvalue weighted by molar-refractivity contribution is -0.136. The minimum absolute atomic E-state index is 0.146. The van der Waals surface area contributed by atoms with Crippen LogP contribution in [0.3, 0.4) is 0 Å². The van der Waals surface area contributed by atoms with E-state index in [0.717, 1.165) is 32.4 Å². The lowest BCUT2D eigenvalue weighted by atomic mass is 9.49. The molecule has 2 saturated carbocycles. The number of hydrogen-bond donors (Lipinski definition) is 1. The van der Waals surface area contributed by atoms with Gasteiger partial charge >= 0.3 is 0 Å². The summed E-state index contributed by atoms with van der Waals surface area (Å²) in [5, 5.41) is 4.19. The number of hydrazone groups is 1.